The van der Waals surface area contributed by atoms with Gasteiger partial charge in [-0.1, -0.05) is 20.8 Å². The van der Waals surface area contributed by atoms with Gasteiger partial charge in [0.25, 0.3) is 0 Å². The number of hydrogen-bond acceptors (Lipinski definition) is 6. The fraction of sp³-hybridized carbons (Fsp3) is 0.600. The molecule has 0 saturated carbocycles. The summed E-state index contributed by atoms with van der Waals surface area (Å²) >= 11 is 0. The van der Waals surface area contributed by atoms with Gasteiger partial charge in [0.2, 0.25) is 0 Å². The summed E-state index contributed by atoms with van der Waals surface area (Å²) in [6.07, 6.45) is 6.12. The number of carbonyl (C=O) groups excluding carboxylic acids is 2. The van der Waals surface area contributed by atoms with Crippen molar-refractivity contribution in [3.63, 3.8) is 0 Å². The highest BCUT2D eigenvalue weighted by Crippen LogP contribution is 2.21. The van der Waals surface area contributed by atoms with Crippen LogP contribution >= 0.6 is 0 Å². The van der Waals surface area contributed by atoms with Crippen molar-refractivity contribution >= 4 is 11.6 Å². The van der Waals surface area contributed by atoms with Crippen LogP contribution in [0.3, 0.4) is 0 Å². The maximum Gasteiger partial charge on any atom is 0.159 e. The Morgan fingerprint density at radius 2 is 1.07 bits per heavy atom. The largest absolute Gasteiger partial charge is 0.494 e. The molecule has 0 bridgehead atoms. The van der Waals surface area contributed by atoms with E-state index in [1.54, 1.807) is 13.8 Å². The third kappa shape index (κ3) is 12.4. The lowest BCUT2D eigenvalue weighted by molar-refractivity contribution is 0.100. The van der Waals surface area contributed by atoms with Crippen molar-refractivity contribution in [3.8, 4) is 11.5 Å². The van der Waals surface area contributed by atoms with Crippen molar-refractivity contribution in [2.45, 2.75) is 66.7 Å². The molecular weight excluding hydrogens is 512 g/mol. The molecule has 2 aromatic carbocycles. The molecule has 2 atom stereocenters. The molecule has 0 unspecified atom stereocenters. The lowest BCUT2D eigenvalue weighted by Gasteiger charge is -2.34. The van der Waals surface area contributed by atoms with Crippen LogP contribution in [0.5, 0.6) is 11.5 Å². The summed E-state index contributed by atoms with van der Waals surface area (Å²) in [5, 5.41) is 0. The van der Waals surface area contributed by atoms with Crippen LogP contribution in [0.25, 0.3) is 0 Å². The van der Waals surface area contributed by atoms with Gasteiger partial charge in [0.15, 0.2) is 11.6 Å². The van der Waals surface area contributed by atoms with Crippen LogP contribution in [0.15, 0.2) is 48.5 Å². The second-order valence-electron chi connectivity index (χ2n) is 12.3. The molecule has 0 N–H and O–H groups in total. The van der Waals surface area contributed by atoms with Crippen molar-refractivity contribution < 1.29 is 19.1 Å². The second-order valence-corrected chi connectivity index (χ2v) is 12.3. The van der Waals surface area contributed by atoms with E-state index in [9.17, 15) is 9.59 Å². The van der Waals surface area contributed by atoms with Crippen LogP contribution in [0.1, 0.15) is 87.4 Å². The van der Waals surface area contributed by atoms with Crippen molar-refractivity contribution in [2.24, 2.45) is 17.8 Å². The predicted octanol–water partition coefficient (Wildman–Crippen LogP) is 7.03. The zero-order chi connectivity index (χ0) is 29.6. The quantitative estimate of drug-likeness (QED) is 0.204. The van der Waals surface area contributed by atoms with Gasteiger partial charge >= 0.3 is 0 Å². The third-order valence-electron chi connectivity index (χ3n) is 8.12. The van der Waals surface area contributed by atoms with Crippen molar-refractivity contribution in [1.29, 1.82) is 0 Å². The number of rotatable bonds is 12. The van der Waals surface area contributed by atoms with Crippen LogP contribution in [-0.2, 0) is 0 Å². The molecule has 2 aromatic rings. The first-order chi connectivity index (χ1) is 19.7. The number of nitrogens with zero attached hydrogens (tertiary/aromatic N) is 2. The smallest absolute Gasteiger partial charge is 0.159 e. The number of likely N-dealkylation sites (tertiary alicyclic amines) is 2. The maximum absolute atomic E-state index is 11.2. The van der Waals surface area contributed by atoms with Gasteiger partial charge in [-0.15, -0.1) is 0 Å². The monoisotopic (exact) mass is 564 g/mol. The first kappa shape index (κ1) is 32.8. The van der Waals surface area contributed by atoms with Gasteiger partial charge in [-0.3, -0.25) is 9.59 Å². The first-order valence-corrected chi connectivity index (χ1v) is 15.6. The minimum Gasteiger partial charge on any atom is -0.494 e. The summed E-state index contributed by atoms with van der Waals surface area (Å²) in [7, 11) is 0. The Morgan fingerprint density at radius 3 is 1.49 bits per heavy atom. The van der Waals surface area contributed by atoms with Crippen molar-refractivity contribution in [3.05, 3.63) is 59.7 Å². The van der Waals surface area contributed by atoms with E-state index in [1.165, 1.54) is 45.4 Å². The number of benzene rings is 2. The number of piperidine rings is 2. The van der Waals surface area contributed by atoms with E-state index in [0.717, 1.165) is 79.5 Å². The summed E-state index contributed by atoms with van der Waals surface area (Å²) in [5.41, 5.74) is 1.47. The molecule has 0 spiro atoms. The number of Topliss-reactive ketones (excluding diaryl/α,β-unsaturated/α-hetero) is 2. The molecule has 0 aliphatic carbocycles. The molecular formula is C35H52N2O4. The Hall–Kier alpha value is -2.70. The van der Waals surface area contributed by atoms with Gasteiger partial charge in [-0.2, -0.15) is 0 Å². The van der Waals surface area contributed by atoms with Gasteiger partial charge in [0.1, 0.15) is 11.5 Å². The fourth-order valence-electron chi connectivity index (χ4n) is 5.79. The van der Waals surface area contributed by atoms with E-state index >= 15 is 0 Å². The Morgan fingerprint density at radius 1 is 0.659 bits per heavy atom. The molecule has 4 rings (SSSR count). The van der Waals surface area contributed by atoms with Gasteiger partial charge in [0, 0.05) is 37.3 Å². The lowest BCUT2D eigenvalue weighted by Crippen LogP contribution is -2.39. The van der Waals surface area contributed by atoms with Crippen molar-refractivity contribution in [2.75, 3.05) is 52.5 Å². The van der Waals surface area contributed by atoms with E-state index < -0.39 is 0 Å². The molecule has 2 fully saturated rings. The second kappa shape index (κ2) is 17.3. The molecule has 0 radical (unpaired) electrons. The fourth-order valence-corrected chi connectivity index (χ4v) is 5.79. The highest BCUT2D eigenvalue weighted by atomic mass is 16.5. The Labute approximate surface area is 248 Å². The van der Waals surface area contributed by atoms with Gasteiger partial charge in [-0.05, 0) is 125 Å². The van der Waals surface area contributed by atoms with E-state index in [0.29, 0.717) is 0 Å². The van der Waals surface area contributed by atoms with Crippen LogP contribution in [0.4, 0.5) is 0 Å². The lowest BCUT2D eigenvalue weighted by atomic mass is 9.92. The Kier molecular flexibility index (Phi) is 13.8. The standard InChI is InChI=1S/C18H27NO2.C17H25NO2/c1-14-11-15(2)13-19(12-14)9-4-10-21-18-7-5-17(6-8-18)16(3)20;1-14-8-11-18(12-9-14)10-3-13-20-17-6-4-16(5-7-17)15(2)19/h5-8,14-15H,4,9-13H2,1-3H3;4-7,14H,3,8-13H2,1-2H3/t14-,15-;/m0./s1. The van der Waals surface area contributed by atoms with Gasteiger partial charge in [0.05, 0.1) is 13.2 Å². The molecule has 0 aromatic heterocycles. The molecule has 2 aliphatic rings. The minimum atomic E-state index is 0.0925. The maximum atomic E-state index is 11.2. The topological polar surface area (TPSA) is 59.1 Å². The zero-order valence-electron chi connectivity index (χ0n) is 26.1. The van der Waals surface area contributed by atoms with E-state index in [4.69, 9.17) is 9.47 Å². The highest BCUT2D eigenvalue weighted by molar-refractivity contribution is 5.94. The van der Waals surface area contributed by atoms with E-state index in [1.807, 2.05) is 48.5 Å². The average molecular weight is 565 g/mol. The molecule has 6 heteroatoms. The summed E-state index contributed by atoms with van der Waals surface area (Å²) in [6.45, 7) is 18.8. The summed E-state index contributed by atoms with van der Waals surface area (Å²) < 4.78 is 11.5. The number of ketones is 2. The molecule has 2 aliphatic heterocycles. The first-order valence-electron chi connectivity index (χ1n) is 15.6. The van der Waals surface area contributed by atoms with E-state index in [-0.39, 0.29) is 11.6 Å². The van der Waals surface area contributed by atoms with Gasteiger partial charge in [-0.25, -0.2) is 0 Å². The summed E-state index contributed by atoms with van der Waals surface area (Å²) in [4.78, 5) is 27.5. The average Bonchev–Trinajstić information content (AvgIpc) is 2.95. The summed E-state index contributed by atoms with van der Waals surface area (Å²) in [6, 6.07) is 14.8. The zero-order valence-corrected chi connectivity index (χ0v) is 26.1. The van der Waals surface area contributed by atoms with Crippen molar-refractivity contribution in [1.82, 2.24) is 9.80 Å². The van der Waals surface area contributed by atoms with Crippen LogP contribution in [0, 0.1) is 17.8 Å². The van der Waals surface area contributed by atoms with Crippen LogP contribution in [-0.4, -0.2) is 73.8 Å². The molecule has 2 heterocycles. The SMILES string of the molecule is CC(=O)c1ccc(OCCCN2CCC(C)CC2)cc1.CC(=O)c1ccc(OCCCN2C[C@@H](C)C[C@H](C)C2)cc1. The normalized spacial score (nSPS) is 20.1. The van der Waals surface area contributed by atoms with Crippen LogP contribution < -0.4 is 9.47 Å². The Bertz CT molecular complexity index is 1030. The van der Waals surface area contributed by atoms with E-state index in [2.05, 4.69) is 30.6 Å². The van der Waals surface area contributed by atoms with Crippen LogP contribution in [0.2, 0.25) is 0 Å². The third-order valence-corrected chi connectivity index (χ3v) is 8.12. The number of hydrogen-bond donors (Lipinski definition) is 0. The molecule has 6 nitrogen and oxygen atoms in total. The molecule has 0 amide bonds. The number of carbonyl (C=O) groups is 2. The Balaban J connectivity index is 0.000000226. The minimum absolute atomic E-state index is 0.0925. The molecule has 2 saturated heterocycles. The highest BCUT2D eigenvalue weighted by Gasteiger charge is 2.21. The molecule has 41 heavy (non-hydrogen) atoms. The molecule has 226 valence electrons. The van der Waals surface area contributed by atoms with Gasteiger partial charge < -0.3 is 19.3 Å². The number of ether oxygens (including phenoxy) is 2. The summed E-state index contributed by atoms with van der Waals surface area (Å²) in [5.74, 6) is 4.40. The predicted molar refractivity (Wildman–Crippen MR) is 167 cm³/mol.